The molecule has 2 heterocycles. The Bertz CT molecular complexity index is 655. The molecule has 118 valence electrons. The smallest absolute Gasteiger partial charge is 0.173 e. The van der Waals surface area contributed by atoms with Gasteiger partial charge in [0.1, 0.15) is 0 Å². The van der Waals surface area contributed by atoms with Crippen molar-refractivity contribution in [2.75, 3.05) is 0 Å². The molecule has 0 atom stereocenters. The third-order valence-electron chi connectivity index (χ3n) is 3.78. The molecule has 0 unspecified atom stereocenters. The zero-order valence-electron chi connectivity index (χ0n) is 13.1. The Hall–Kier alpha value is -1.10. The Morgan fingerprint density at radius 3 is 2.23 bits per heavy atom. The van der Waals surface area contributed by atoms with Crippen molar-refractivity contribution in [1.82, 2.24) is 9.97 Å². The summed E-state index contributed by atoms with van der Waals surface area (Å²) < 4.78 is 0. The van der Waals surface area contributed by atoms with Gasteiger partial charge in [-0.15, -0.1) is 0 Å². The minimum absolute atomic E-state index is 0.0228. The predicted octanol–water partition coefficient (Wildman–Crippen LogP) is 4.41. The summed E-state index contributed by atoms with van der Waals surface area (Å²) in [6.07, 6.45) is 1.72. The van der Waals surface area contributed by atoms with Crippen LogP contribution in [0.2, 0.25) is 21.3 Å². The molecule has 0 radical (unpaired) electrons. The van der Waals surface area contributed by atoms with Crippen molar-refractivity contribution in [3.63, 3.8) is 0 Å². The summed E-state index contributed by atoms with van der Waals surface area (Å²) in [4.78, 5) is 8.78. The first kappa shape index (κ1) is 17.3. The zero-order valence-corrected chi connectivity index (χ0v) is 15.8. The molecule has 0 aliphatic heterocycles. The van der Waals surface area contributed by atoms with Gasteiger partial charge >= 0.3 is 0 Å². The zero-order chi connectivity index (χ0) is 16.4. The van der Waals surface area contributed by atoms with Crippen LogP contribution >= 0.6 is 23.2 Å². The highest BCUT2D eigenvalue weighted by Gasteiger charge is 2.30. The first-order valence-electron chi connectivity index (χ1n) is 7.33. The minimum atomic E-state index is -1.49. The highest BCUT2D eigenvalue weighted by molar-refractivity contribution is 6.79. The van der Waals surface area contributed by atoms with E-state index in [1.165, 1.54) is 0 Å². The number of aromatic hydroxyl groups is 1. The third kappa shape index (κ3) is 3.29. The van der Waals surface area contributed by atoms with Crippen LogP contribution in [-0.2, 0) is 0 Å². The molecule has 2 aromatic rings. The summed E-state index contributed by atoms with van der Waals surface area (Å²) in [6, 6.07) is 5.65. The number of hydrogen-bond donors (Lipinski definition) is 1. The lowest BCUT2D eigenvalue weighted by atomic mass is 10.2. The molecule has 0 saturated heterocycles. The number of pyridine rings is 2. The Labute approximate surface area is 142 Å². The fourth-order valence-electron chi connectivity index (χ4n) is 2.97. The van der Waals surface area contributed by atoms with Gasteiger partial charge < -0.3 is 5.11 Å². The molecule has 0 aromatic carbocycles. The van der Waals surface area contributed by atoms with Gasteiger partial charge in [0.05, 0.1) is 25.2 Å². The van der Waals surface area contributed by atoms with Crippen molar-refractivity contribution in [2.24, 2.45) is 0 Å². The van der Waals surface area contributed by atoms with E-state index in [9.17, 15) is 5.11 Å². The van der Waals surface area contributed by atoms with Gasteiger partial charge in [-0.1, -0.05) is 57.0 Å². The second-order valence-corrected chi connectivity index (χ2v) is 11.1. The van der Waals surface area contributed by atoms with Crippen LogP contribution in [0.1, 0.15) is 27.7 Å². The molecule has 0 aliphatic carbocycles. The molecule has 1 N–H and O–H groups in total. The van der Waals surface area contributed by atoms with Crippen molar-refractivity contribution in [1.29, 1.82) is 0 Å². The monoisotopic (exact) mass is 354 g/mol. The van der Waals surface area contributed by atoms with Crippen LogP contribution in [0.4, 0.5) is 0 Å². The summed E-state index contributed by atoms with van der Waals surface area (Å²) >= 11 is 12.5. The van der Waals surface area contributed by atoms with Gasteiger partial charge in [-0.05, 0) is 28.4 Å². The predicted molar refractivity (Wildman–Crippen MR) is 96.1 cm³/mol. The molecule has 0 fully saturated rings. The lowest BCUT2D eigenvalue weighted by Crippen LogP contribution is -2.39. The lowest BCUT2D eigenvalue weighted by Gasteiger charge is -2.27. The fraction of sp³-hybridized carbons (Fsp3) is 0.375. The molecule has 2 aromatic heterocycles. The minimum Gasteiger partial charge on any atom is -0.504 e. The second kappa shape index (κ2) is 6.98. The summed E-state index contributed by atoms with van der Waals surface area (Å²) in [5.41, 5.74) is 2.39. The van der Waals surface area contributed by atoms with Crippen LogP contribution < -0.4 is 5.19 Å². The van der Waals surface area contributed by atoms with Crippen molar-refractivity contribution in [3.8, 4) is 17.1 Å². The van der Waals surface area contributed by atoms with Gasteiger partial charge in [0.25, 0.3) is 0 Å². The number of nitrogens with zero attached hydrogens (tertiary/aromatic N) is 2. The second-order valence-electron chi connectivity index (χ2n) is 6.06. The first-order chi connectivity index (χ1) is 10.3. The van der Waals surface area contributed by atoms with Crippen LogP contribution in [0.25, 0.3) is 11.4 Å². The van der Waals surface area contributed by atoms with Crippen molar-refractivity contribution >= 4 is 37.2 Å². The van der Waals surface area contributed by atoms with Gasteiger partial charge in [0.2, 0.25) is 0 Å². The lowest BCUT2D eigenvalue weighted by molar-refractivity contribution is 0.474. The first-order valence-corrected chi connectivity index (χ1v) is 10.0. The van der Waals surface area contributed by atoms with Crippen molar-refractivity contribution in [3.05, 3.63) is 34.6 Å². The SMILES string of the molecule is CC(C)[SiH](c1c(-c2ccccn2)nc(Cl)c(O)c1Cl)C(C)C. The van der Waals surface area contributed by atoms with Gasteiger partial charge in [-0.3, -0.25) is 4.98 Å². The third-order valence-corrected chi connectivity index (χ3v) is 8.71. The molecular weight excluding hydrogens is 335 g/mol. The largest absolute Gasteiger partial charge is 0.504 e. The maximum Gasteiger partial charge on any atom is 0.173 e. The quantitative estimate of drug-likeness (QED) is 0.653. The van der Waals surface area contributed by atoms with E-state index >= 15 is 0 Å². The van der Waals surface area contributed by atoms with E-state index in [1.807, 2.05) is 18.2 Å². The van der Waals surface area contributed by atoms with Gasteiger partial charge in [-0.25, -0.2) is 4.98 Å². The standard InChI is InChI=1S/C16H20Cl2N2OSi/c1-9(2)22(10(3)4)15-12(17)14(21)16(18)20-13(15)11-7-5-6-8-19-11/h5-10,21-22H,1-4H3. The average molecular weight is 355 g/mol. The Morgan fingerprint density at radius 1 is 1.09 bits per heavy atom. The van der Waals surface area contributed by atoms with Crippen LogP contribution in [-0.4, -0.2) is 23.9 Å². The van der Waals surface area contributed by atoms with Crippen LogP contribution in [0.3, 0.4) is 0 Å². The van der Waals surface area contributed by atoms with E-state index in [0.717, 1.165) is 10.9 Å². The summed E-state index contributed by atoms with van der Waals surface area (Å²) in [6.45, 7) is 8.78. The normalized spacial score (nSPS) is 11.7. The number of aromatic nitrogens is 2. The van der Waals surface area contributed by atoms with E-state index in [4.69, 9.17) is 23.2 Å². The van der Waals surface area contributed by atoms with Gasteiger partial charge in [-0.2, -0.15) is 0 Å². The molecule has 0 saturated carbocycles. The van der Waals surface area contributed by atoms with Gasteiger partial charge in [0.15, 0.2) is 10.9 Å². The molecule has 0 aliphatic rings. The molecule has 0 bridgehead atoms. The molecular formula is C16H20Cl2N2OSi. The average Bonchev–Trinajstić information content (AvgIpc) is 2.47. The fourth-order valence-corrected chi connectivity index (χ4v) is 7.59. The summed E-state index contributed by atoms with van der Waals surface area (Å²) in [5, 5.41) is 11.5. The van der Waals surface area contributed by atoms with Gasteiger partial charge in [0, 0.05) is 6.20 Å². The topological polar surface area (TPSA) is 46.0 Å². The maximum atomic E-state index is 10.1. The Morgan fingerprint density at radius 2 is 1.73 bits per heavy atom. The molecule has 3 nitrogen and oxygen atoms in total. The Balaban J connectivity index is 2.78. The van der Waals surface area contributed by atoms with E-state index in [1.54, 1.807) is 6.20 Å². The van der Waals surface area contributed by atoms with Crippen molar-refractivity contribution in [2.45, 2.75) is 38.8 Å². The van der Waals surface area contributed by atoms with Crippen LogP contribution in [0, 0.1) is 0 Å². The van der Waals surface area contributed by atoms with E-state index < -0.39 is 8.80 Å². The van der Waals surface area contributed by atoms with Crippen LogP contribution in [0.15, 0.2) is 24.4 Å². The highest BCUT2D eigenvalue weighted by atomic mass is 35.5. The Kier molecular flexibility index (Phi) is 5.48. The molecule has 2 rings (SSSR count). The molecule has 0 spiro atoms. The molecule has 22 heavy (non-hydrogen) atoms. The molecule has 0 amide bonds. The summed E-state index contributed by atoms with van der Waals surface area (Å²) in [5.74, 6) is -0.128. The summed E-state index contributed by atoms with van der Waals surface area (Å²) in [7, 11) is -1.49. The highest BCUT2D eigenvalue weighted by Crippen LogP contribution is 2.35. The number of rotatable bonds is 4. The van der Waals surface area contributed by atoms with Crippen molar-refractivity contribution < 1.29 is 5.11 Å². The maximum absolute atomic E-state index is 10.1. The van der Waals surface area contributed by atoms with E-state index in [-0.39, 0.29) is 10.9 Å². The van der Waals surface area contributed by atoms with E-state index in [0.29, 0.717) is 21.8 Å². The number of hydrogen-bond acceptors (Lipinski definition) is 3. The van der Waals surface area contributed by atoms with Crippen LogP contribution in [0.5, 0.6) is 5.75 Å². The van der Waals surface area contributed by atoms with E-state index in [2.05, 4.69) is 37.7 Å². The molecule has 6 heteroatoms. The number of halogens is 2.